The van der Waals surface area contributed by atoms with Gasteiger partial charge in [0.15, 0.2) is 0 Å². The summed E-state index contributed by atoms with van der Waals surface area (Å²) in [6, 6.07) is 6.41. The summed E-state index contributed by atoms with van der Waals surface area (Å²) >= 11 is 0. The highest BCUT2D eigenvalue weighted by molar-refractivity contribution is 5.95. The predicted molar refractivity (Wildman–Crippen MR) is 97.2 cm³/mol. The van der Waals surface area contributed by atoms with E-state index in [0.29, 0.717) is 0 Å². The molecule has 25 heavy (non-hydrogen) atoms. The van der Waals surface area contributed by atoms with Crippen molar-refractivity contribution in [3.8, 4) is 22.3 Å². The molecule has 0 unspecified atom stereocenters. The quantitative estimate of drug-likeness (QED) is 0.538. The van der Waals surface area contributed by atoms with Gasteiger partial charge in [0.2, 0.25) is 0 Å². The van der Waals surface area contributed by atoms with E-state index >= 15 is 0 Å². The fourth-order valence-electron chi connectivity index (χ4n) is 3.28. The molecule has 0 aliphatic carbocycles. The molecule has 0 aromatic carbocycles. The minimum Gasteiger partial charge on any atom is -0.346 e. The second-order valence-electron chi connectivity index (χ2n) is 6.32. The zero-order chi connectivity index (χ0) is 17.0. The molecule has 0 radical (unpaired) electrons. The van der Waals surface area contributed by atoms with Crippen LogP contribution in [0.5, 0.6) is 0 Å². The monoisotopic (exact) mass is 328 g/mol. The predicted octanol–water partition coefficient (Wildman–Crippen LogP) is 3.59. The van der Waals surface area contributed by atoms with Crippen LogP contribution in [0.4, 0.5) is 0 Å². The number of hydrogen-bond donors (Lipinski definition) is 1. The molecule has 0 aliphatic heterocycles. The summed E-state index contributed by atoms with van der Waals surface area (Å²) in [5.74, 6) is 0. The lowest BCUT2D eigenvalue weighted by molar-refractivity contribution is 0.768. The van der Waals surface area contributed by atoms with Gasteiger partial charge >= 0.3 is 0 Å². The third kappa shape index (κ3) is 2.15. The van der Waals surface area contributed by atoms with Crippen LogP contribution in [-0.4, -0.2) is 29.4 Å². The molecule has 122 valence electrons. The van der Waals surface area contributed by atoms with E-state index in [4.69, 9.17) is 0 Å². The van der Waals surface area contributed by atoms with E-state index in [1.54, 1.807) is 4.68 Å². The Labute approximate surface area is 143 Å². The van der Waals surface area contributed by atoms with Crippen LogP contribution in [-0.2, 0) is 7.05 Å². The Morgan fingerprint density at radius 1 is 1.00 bits per heavy atom. The molecule has 0 amide bonds. The van der Waals surface area contributed by atoms with E-state index in [9.17, 15) is 0 Å². The van der Waals surface area contributed by atoms with Crippen molar-refractivity contribution >= 4 is 16.6 Å². The molecular weight excluding hydrogens is 312 g/mol. The standard InChI is InChI=1S/C19H16N6/c1-12-5-15-16(9-21-19(15)20-7-12)13-3-4-25-18(6-13)17(10-23-25)14-8-22-24(2)11-14/h3-11H,1-2H3,(H,20,21). The first kappa shape index (κ1) is 14.0. The molecule has 1 N–H and O–H groups in total. The van der Waals surface area contributed by atoms with Gasteiger partial charge in [0.25, 0.3) is 0 Å². The highest BCUT2D eigenvalue weighted by Gasteiger charge is 2.12. The molecule has 0 fully saturated rings. The highest BCUT2D eigenvalue weighted by Crippen LogP contribution is 2.31. The Hall–Kier alpha value is -3.41. The van der Waals surface area contributed by atoms with Gasteiger partial charge in [-0.1, -0.05) is 0 Å². The lowest BCUT2D eigenvalue weighted by atomic mass is 10.0. The summed E-state index contributed by atoms with van der Waals surface area (Å²) in [4.78, 5) is 7.72. The molecule has 5 aromatic heterocycles. The van der Waals surface area contributed by atoms with E-state index < -0.39 is 0 Å². The molecule has 5 heterocycles. The molecule has 0 bridgehead atoms. The summed E-state index contributed by atoms with van der Waals surface area (Å²) in [7, 11) is 1.92. The molecule has 0 saturated heterocycles. The van der Waals surface area contributed by atoms with Crippen LogP contribution in [0.1, 0.15) is 5.56 Å². The van der Waals surface area contributed by atoms with Crippen LogP contribution in [0.2, 0.25) is 0 Å². The van der Waals surface area contributed by atoms with Crippen molar-refractivity contribution in [2.45, 2.75) is 6.92 Å². The summed E-state index contributed by atoms with van der Waals surface area (Å²) in [6.45, 7) is 2.06. The first-order valence-electron chi connectivity index (χ1n) is 8.09. The first-order chi connectivity index (χ1) is 12.2. The van der Waals surface area contributed by atoms with Crippen molar-refractivity contribution < 1.29 is 0 Å². The number of pyridine rings is 2. The number of nitrogens with zero attached hydrogens (tertiary/aromatic N) is 5. The highest BCUT2D eigenvalue weighted by atomic mass is 15.2. The largest absolute Gasteiger partial charge is 0.346 e. The van der Waals surface area contributed by atoms with Gasteiger partial charge in [0, 0.05) is 53.9 Å². The van der Waals surface area contributed by atoms with Crippen LogP contribution >= 0.6 is 0 Å². The van der Waals surface area contributed by atoms with Gasteiger partial charge in [-0.15, -0.1) is 0 Å². The fourth-order valence-corrected chi connectivity index (χ4v) is 3.28. The molecule has 0 atom stereocenters. The molecule has 5 rings (SSSR count). The van der Waals surface area contributed by atoms with Crippen molar-refractivity contribution in [3.05, 3.63) is 60.9 Å². The molecule has 0 saturated carbocycles. The molecule has 0 aliphatic rings. The van der Waals surface area contributed by atoms with Gasteiger partial charge < -0.3 is 4.98 Å². The zero-order valence-electron chi connectivity index (χ0n) is 13.9. The van der Waals surface area contributed by atoms with E-state index in [0.717, 1.165) is 44.4 Å². The van der Waals surface area contributed by atoms with Gasteiger partial charge in [0.1, 0.15) is 5.65 Å². The van der Waals surface area contributed by atoms with Crippen molar-refractivity contribution in [1.82, 2.24) is 29.4 Å². The Bertz CT molecular complexity index is 1220. The Morgan fingerprint density at radius 2 is 1.92 bits per heavy atom. The molecule has 6 heteroatoms. The van der Waals surface area contributed by atoms with Gasteiger partial charge in [0.05, 0.1) is 17.9 Å². The topological polar surface area (TPSA) is 63.8 Å². The van der Waals surface area contributed by atoms with E-state index in [-0.39, 0.29) is 0 Å². The second kappa shape index (κ2) is 5.04. The fraction of sp³-hybridized carbons (Fsp3) is 0.105. The maximum absolute atomic E-state index is 4.46. The number of rotatable bonds is 2. The minimum absolute atomic E-state index is 0.904. The maximum Gasteiger partial charge on any atom is 0.137 e. The summed E-state index contributed by atoms with van der Waals surface area (Å²) in [6.07, 6.45) is 11.6. The summed E-state index contributed by atoms with van der Waals surface area (Å²) in [5.41, 5.74) is 7.52. The molecule has 6 nitrogen and oxygen atoms in total. The zero-order valence-corrected chi connectivity index (χ0v) is 13.9. The lowest BCUT2D eigenvalue weighted by Crippen LogP contribution is -1.87. The average Bonchev–Trinajstić information content (AvgIpc) is 3.31. The van der Waals surface area contributed by atoms with Crippen molar-refractivity contribution in [2.24, 2.45) is 7.05 Å². The maximum atomic E-state index is 4.46. The Morgan fingerprint density at radius 3 is 2.76 bits per heavy atom. The van der Waals surface area contributed by atoms with Crippen LogP contribution in [0, 0.1) is 6.92 Å². The minimum atomic E-state index is 0.904. The number of hydrogen-bond acceptors (Lipinski definition) is 3. The number of aryl methyl sites for hydroxylation is 2. The molecular formula is C19H16N6. The number of fused-ring (bicyclic) bond motifs is 2. The first-order valence-corrected chi connectivity index (χ1v) is 8.09. The van der Waals surface area contributed by atoms with Gasteiger partial charge in [-0.25, -0.2) is 9.50 Å². The smallest absolute Gasteiger partial charge is 0.137 e. The van der Waals surface area contributed by atoms with Crippen LogP contribution in [0.25, 0.3) is 38.8 Å². The lowest BCUT2D eigenvalue weighted by Gasteiger charge is -2.03. The Balaban J connectivity index is 1.73. The van der Waals surface area contributed by atoms with Crippen LogP contribution in [0.15, 0.2) is 55.4 Å². The van der Waals surface area contributed by atoms with Crippen molar-refractivity contribution in [3.63, 3.8) is 0 Å². The average molecular weight is 328 g/mol. The van der Waals surface area contributed by atoms with Gasteiger partial charge in [-0.05, 0) is 36.2 Å². The van der Waals surface area contributed by atoms with E-state index in [2.05, 4.69) is 45.3 Å². The van der Waals surface area contributed by atoms with Gasteiger partial charge in [-0.3, -0.25) is 4.68 Å². The SMILES string of the molecule is Cc1cnc2[nH]cc(-c3ccn4ncc(-c5cnn(C)c5)c4c3)c2c1. The van der Waals surface area contributed by atoms with Crippen molar-refractivity contribution in [2.75, 3.05) is 0 Å². The normalized spacial score (nSPS) is 11.6. The van der Waals surface area contributed by atoms with E-state index in [1.807, 2.05) is 48.7 Å². The number of aromatic nitrogens is 6. The molecule has 0 spiro atoms. The number of nitrogens with one attached hydrogen (secondary N) is 1. The van der Waals surface area contributed by atoms with Crippen molar-refractivity contribution in [1.29, 1.82) is 0 Å². The number of aromatic amines is 1. The van der Waals surface area contributed by atoms with E-state index in [1.165, 1.54) is 0 Å². The summed E-state index contributed by atoms with van der Waals surface area (Å²) < 4.78 is 3.70. The third-order valence-corrected chi connectivity index (χ3v) is 4.52. The van der Waals surface area contributed by atoms with Crippen LogP contribution in [0.3, 0.4) is 0 Å². The van der Waals surface area contributed by atoms with Crippen LogP contribution < -0.4 is 0 Å². The second-order valence-corrected chi connectivity index (χ2v) is 6.32. The summed E-state index contributed by atoms with van der Waals surface area (Å²) in [5, 5.41) is 9.86. The molecule has 5 aromatic rings. The Kier molecular flexibility index (Phi) is 2.82. The van der Waals surface area contributed by atoms with Gasteiger partial charge in [-0.2, -0.15) is 10.2 Å². The third-order valence-electron chi connectivity index (χ3n) is 4.52. The number of H-pyrrole nitrogens is 1.